The third-order valence-electron chi connectivity index (χ3n) is 4.08. The van der Waals surface area contributed by atoms with Crippen LogP contribution < -0.4 is 10.1 Å². The fourth-order valence-corrected chi connectivity index (χ4v) is 2.72. The first kappa shape index (κ1) is 17.3. The number of ether oxygens (including phenoxy) is 1. The van der Waals surface area contributed by atoms with Gasteiger partial charge in [-0.3, -0.25) is 4.79 Å². The lowest BCUT2D eigenvalue weighted by Gasteiger charge is -2.08. The van der Waals surface area contributed by atoms with Gasteiger partial charge in [0.05, 0.1) is 5.56 Å². The van der Waals surface area contributed by atoms with E-state index in [4.69, 9.17) is 14.4 Å². The maximum absolute atomic E-state index is 12.1. The predicted octanol–water partition coefficient (Wildman–Crippen LogP) is 4.38. The smallest absolute Gasteiger partial charge is 0.262 e. The minimum absolute atomic E-state index is 0.189. The standard InChI is InChI=1S/C22H15N3O3/c23-13-16-5-1-3-7-19(16)27-14-21(26)24-17-11-9-15(10-12-17)22-25-18-6-2-4-8-20(18)28-22/h1-12H,14H2,(H,24,26). The summed E-state index contributed by atoms with van der Waals surface area (Å²) in [5, 5.41) is 11.8. The molecule has 1 amide bonds. The molecule has 1 heterocycles. The quantitative estimate of drug-likeness (QED) is 0.564. The molecule has 0 fully saturated rings. The van der Waals surface area contributed by atoms with Gasteiger partial charge in [0.2, 0.25) is 5.89 Å². The molecule has 4 aromatic rings. The molecular weight excluding hydrogens is 354 g/mol. The van der Waals surface area contributed by atoms with E-state index >= 15 is 0 Å². The van der Waals surface area contributed by atoms with Crippen molar-refractivity contribution in [3.05, 3.63) is 78.4 Å². The summed E-state index contributed by atoms with van der Waals surface area (Å²) in [4.78, 5) is 16.6. The van der Waals surface area contributed by atoms with Crippen molar-refractivity contribution < 1.29 is 13.9 Å². The summed E-state index contributed by atoms with van der Waals surface area (Å²) in [7, 11) is 0. The van der Waals surface area contributed by atoms with Gasteiger partial charge in [-0.15, -0.1) is 0 Å². The van der Waals surface area contributed by atoms with Gasteiger partial charge < -0.3 is 14.5 Å². The first-order valence-corrected chi connectivity index (χ1v) is 8.61. The van der Waals surface area contributed by atoms with E-state index in [0.717, 1.165) is 16.7 Å². The molecule has 6 nitrogen and oxygen atoms in total. The minimum Gasteiger partial charge on any atom is -0.482 e. The van der Waals surface area contributed by atoms with E-state index in [1.165, 1.54) is 0 Å². The predicted molar refractivity (Wildman–Crippen MR) is 105 cm³/mol. The first-order valence-electron chi connectivity index (χ1n) is 8.61. The first-order chi connectivity index (χ1) is 13.7. The lowest BCUT2D eigenvalue weighted by molar-refractivity contribution is -0.118. The highest BCUT2D eigenvalue weighted by atomic mass is 16.5. The van der Waals surface area contributed by atoms with E-state index in [1.54, 1.807) is 36.4 Å². The van der Waals surface area contributed by atoms with Gasteiger partial charge in [0.25, 0.3) is 5.91 Å². The Kier molecular flexibility index (Phi) is 4.72. The number of para-hydroxylation sites is 3. The van der Waals surface area contributed by atoms with Crippen molar-refractivity contribution in [3.8, 4) is 23.3 Å². The van der Waals surface area contributed by atoms with Crippen LogP contribution in [0.1, 0.15) is 5.56 Å². The van der Waals surface area contributed by atoms with Gasteiger partial charge in [-0.2, -0.15) is 5.26 Å². The second kappa shape index (κ2) is 7.64. The van der Waals surface area contributed by atoms with Crippen molar-refractivity contribution in [2.75, 3.05) is 11.9 Å². The van der Waals surface area contributed by atoms with E-state index in [-0.39, 0.29) is 12.5 Å². The van der Waals surface area contributed by atoms with Crippen molar-refractivity contribution in [3.63, 3.8) is 0 Å². The van der Waals surface area contributed by atoms with Crippen molar-refractivity contribution in [1.29, 1.82) is 5.26 Å². The number of carbonyl (C=O) groups excluding carboxylic acids is 1. The van der Waals surface area contributed by atoms with Crippen LogP contribution in [0.4, 0.5) is 5.69 Å². The topological polar surface area (TPSA) is 88.1 Å². The fourth-order valence-electron chi connectivity index (χ4n) is 2.72. The lowest BCUT2D eigenvalue weighted by Crippen LogP contribution is -2.20. The molecule has 0 bridgehead atoms. The zero-order valence-electron chi connectivity index (χ0n) is 14.8. The Hall–Kier alpha value is -4.11. The number of oxazole rings is 1. The molecule has 0 radical (unpaired) electrons. The van der Waals surface area contributed by atoms with Crippen LogP contribution in [-0.4, -0.2) is 17.5 Å². The van der Waals surface area contributed by atoms with Gasteiger partial charge in [-0.05, 0) is 48.5 Å². The molecule has 136 valence electrons. The van der Waals surface area contributed by atoms with Crippen LogP contribution >= 0.6 is 0 Å². The molecule has 0 spiro atoms. The summed E-state index contributed by atoms with van der Waals surface area (Å²) in [6.07, 6.45) is 0. The minimum atomic E-state index is -0.317. The Morgan fingerprint density at radius 3 is 2.57 bits per heavy atom. The number of hydrogen-bond acceptors (Lipinski definition) is 5. The number of anilines is 1. The highest BCUT2D eigenvalue weighted by Crippen LogP contribution is 2.25. The largest absolute Gasteiger partial charge is 0.482 e. The van der Waals surface area contributed by atoms with E-state index < -0.39 is 0 Å². The Balaban J connectivity index is 1.40. The Labute approximate surface area is 161 Å². The van der Waals surface area contributed by atoms with Gasteiger partial charge in [-0.1, -0.05) is 24.3 Å². The molecule has 4 rings (SSSR count). The number of hydrogen-bond donors (Lipinski definition) is 1. The summed E-state index contributed by atoms with van der Waals surface area (Å²) in [5.41, 5.74) is 3.35. The molecule has 0 aliphatic heterocycles. The van der Waals surface area contributed by atoms with Crippen LogP contribution in [-0.2, 0) is 4.79 Å². The van der Waals surface area contributed by atoms with E-state index in [9.17, 15) is 4.79 Å². The average molecular weight is 369 g/mol. The zero-order valence-corrected chi connectivity index (χ0v) is 14.8. The maximum Gasteiger partial charge on any atom is 0.262 e. The SMILES string of the molecule is N#Cc1ccccc1OCC(=O)Nc1ccc(-c2nc3ccccc3o2)cc1. The van der Waals surface area contributed by atoms with Crippen molar-refractivity contribution in [2.45, 2.75) is 0 Å². The van der Waals surface area contributed by atoms with Crippen molar-refractivity contribution >= 4 is 22.7 Å². The monoisotopic (exact) mass is 369 g/mol. The molecule has 1 N–H and O–H groups in total. The number of benzene rings is 3. The third-order valence-corrected chi connectivity index (χ3v) is 4.08. The van der Waals surface area contributed by atoms with Crippen LogP contribution in [0.3, 0.4) is 0 Å². The van der Waals surface area contributed by atoms with Gasteiger partial charge >= 0.3 is 0 Å². The highest BCUT2D eigenvalue weighted by Gasteiger charge is 2.09. The number of carbonyl (C=O) groups is 1. The molecule has 0 saturated carbocycles. The number of rotatable bonds is 5. The van der Waals surface area contributed by atoms with Crippen LogP contribution in [0.2, 0.25) is 0 Å². The summed E-state index contributed by atoms with van der Waals surface area (Å²) < 4.78 is 11.2. The Bertz CT molecular complexity index is 1140. The van der Waals surface area contributed by atoms with Crippen LogP contribution in [0.5, 0.6) is 5.75 Å². The Morgan fingerprint density at radius 2 is 1.79 bits per heavy atom. The summed E-state index contributed by atoms with van der Waals surface area (Å²) in [6.45, 7) is -0.189. The molecule has 0 aliphatic rings. The molecule has 0 atom stereocenters. The van der Waals surface area contributed by atoms with E-state index in [2.05, 4.69) is 10.3 Å². The maximum atomic E-state index is 12.1. The van der Waals surface area contributed by atoms with Crippen LogP contribution in [0.15, 0.2) is 77.2 Å². The molecule has 1 aromatic heterocycles. The third kappa shape index (κ3) is 3.69. The zero-order chi connectivity index (χ0) is 19.3. The van der Waals surface area contributed by atoms with Crippen LogP contribution in [0.25, 0.3) is 22.6 Å². The number of aromatic nitrogens is 1. The van der Waals surface area contributed by atoms with Gasteiger partial charge in [0.15, 0.2) is 12.2 Å². The second-order valence-corrected chi connectivity index (χ2v) is 6.01. The molecule has 0 aliphatic carbocycles. The van der Waals surface area contributed by atoms with Crippen molar-refractivity contribution in [1.82, 2.24) is 4.98 Å². The molecule has 0 saturated heterocycles. The highest BCUT2D eigenvalue weighted by molar-refractivity contribution is 5.92. The summed E-state index contributed by atoms with van der Waals surface area (Å²) >= 11 is 0. The number of nitrogens with zero attached hydrogens (tertiary/aromatic N) is 2. The van der Waals surface area contributed by atoms with Gasteiger partial charge in [-0.25, -0.2) is 4.98 Å². The number of fused-ring (bicyclic) bond motifs is 1. The molecule has 6 heteroatoms. The lowest BCUT2D eigenvalue weighted by atomic mass is 10.2. The van der Waals surface area contributed by atoms with E-state index in [0.29, 0.717) is 22.9 Å². The summed E-state index contributed by atoms with van der Waals surface area (Å²) in [6, 6.07) is 23.6. The number of nitrogens with one attached hydrogen (secondary N) is 1. The molecule has 28 heavy (non-hydrogen) atoms. The molecule has 0 unspecified atom stereocenters. The molecule has 3 aromatic carbocycles. The van der Waals surface area contributed by atoms with Crippen molar-refractivity contribution in [2.24, 2.45) is 0 Å². The van der Waals surface area contributed by atoms with Crippen LogP contribution in [0, 0.1) is 11.3 Å². The Morgan fingerprint density at radius 1 is 1.04 bits per heavy atom. The van der Waals surface area contributed by atoms with Gasteiger partial charge in [0.1, 0.15) is 17.3 Å². The second-order valence-electron chi connectivity index (χ2n) is 6.01. The average Bonchev–Trinajstić information content (AvgIpc) is 3.17. The normalized spacial score (nSPS) is 10.4. The van der Waals surface area contributed by atoms with Gasteiger partial charge in [0, 0.05) is 11.3 Å². The summed E-state index contributed by atoms with van der Waals surface area (Å²) in [5.74, 6) is 0.587. The fraction of sp³-hybridized carbons (Fsp3) is 0.0455. The molecular formula is C22H15N3O3. The van der Waals surface area contributed by atoms with E-state index in [1.807, 2.05) is 42.5 Å². The number of amides is 1. The number of nitriles is 1.